The van der Waals surface area contributed by atoms with Crippen LogP contribution >= 0.6 is 0 Å². The van der Waals surface area contributed by atoms with E-state index in [1.807, 2.05) is 103 Å². The van der Waals surface area contributed by atoms with Gasteiger partial charge in [-0.25, -0.2) is 39.5 Å². The van der Waals surface area contributed by atoms with Gasteiger partial charge >= 0.3 is 11.9 Å². The van der Waals surface area contributed by atoms with Crippen LogP contribution in [0.4, 0.5) is 46.8 Å². The molecule has 13 rings (SSSR count). The molecule has 6 amide bonds. The number of nitrogens with zero attached hydrogens (tertiary/aromatic N) is 16. The number of imidazole rings is 2. The summed E-state index contributed by atoms with van der Waals surface area (Å²) in [5, 5.41) is 26.9. The molecule has 0 aliphatic heterocycles. The van der Waals surface area contributed by atoms with Crippen molar-refractivity contribution < 1.29 is 57.7 Å². The van der Waals surface area contributed by atoms with E-state index < -0.39 is 35.8 Å². The fourth-order valence-electron chi connectivity index (χ4n) is 15.1. The SMILES string of the molecule is CN(Cc1cnc2nc(N)nc(N)c2n1)c1ccc(C(=O)N[C@@H](CCC(=O)NCCCCCCCCCCCC(=O)NCc2ccc(COc3nc(N)nc4nc[nH]c34)cc2)C(=O)O)cc1.CN(Cc1cnc2nc(N)nc(N)c2n1)c1ccc(C(=O)N[C@@H](CCC(=O)NCCCCCCCCCCCC(=O)NCc2ccc(COc3nc(N)nc4nc[nH]c34)cc2)C(=O)OCc2ccccc2)cc1. The Balaban J connectivity index is 0.000000250. The van der Waals surface area contributed by atoms with Crippen molar-refractivity contribution in [1.29, 1.82) is 0 Å². The normalized spacial score (nSPS) is 11.6. The first kappa shape index (κ1) is 102. The largest absolute Gasteiger partial charge is 0.480 e. The number of nitrogens with one attached hydrogen (secondary N) is 8. The molecule has 0 bridgehead atoms. The number of aliphatic carboxylic acids is 1. The lowest BCUT2D eigenvalue weighted by atomic mass is 10.1. The molecule has 42 heteroatoms. The molecule has 0 spiro atoms. The first-order chi connectivity index (χ1) is 67.4. The van der Waals surface area contributed by atoms with Gasteiger partial charge < -0.3 is 105 Å². The second kappa shape index (κ2) is 52.6. The van der Waals surface area contributed by atoms with Gasteiger partial charge in [0.05, 0.1) is 49.5 Å². The molecule has 0 fully saturated rings. The van der Waals surface area contributed by atoms with Gasteiger partial charge in [0.25, 0.3) is 11.8 Å². The number of unbranched alkanes of at least 4 members (excludes halogenated alkanes) is 16. The third-order valence-electron chi connectivity index (χ3n) is 22.8. The van der Waals surface area contributed by atoms with Gasteiger partial charge in [-0.3, -0.25) is 28.8 Å². The summed E-state index contributed by atoms with van der Waals surface area (Å²) in [6.45, 7) is 3.32. The summed E-state index contributed by atoms with van der Waals surface area (Å²) < 4.78 is 17.3. The lowest BCUT2D eigenvalue weighted by molar-refractivity contribution is -0.147. The highest BCUT2D eigenvalue weighted by Gasteiger charge is 2.27. The van der Waals surface area contributed by atoms with Crippen molar-refractivity contribution in [2.24, 2.45) is 0 Å². The molecule has 8 heterocycles. The van der Waals surface area contributed by atoms with E-state index in [1.165, 1.54) is 12.7 Å². The number of anilines is 8. The van der Waals surface area contributed by atoms with E-state index in [0.717, 1.165) is 155 Å². The van der Waals surface area contributed by atoms with Crippen LogP contribution in [0.25, 0.3) is 44.7 Å². The van der Waals surface area contributed by atoms with Crippen molar-refractivity contribution in [3.05, 3.63) is 203 Å². The summed E-state index contributed by atoms with van der Waals surface area (Å²) in [6, 6.07) is 36.2. The Morgan fingerprint density at radius 2 is 0.734 bits per heavy atom. The molecule has 8 aromatic heterocycles. The predicted molar refractivity (Wildman–Crippen MR) is 526 cm³/mol. The van der Waals surface area contributed by atoms with Gasteiger partial charge in [0.15, 0.2) is 45.3 Å². The van der Waals surface area contributed by atoms with E-state index in [0.29, 0.717) is 139 Å². The number of nitrogens with two attached hydrogens (primary N) is 6. The van der Waals surface area contributed by atoms with E-state index in [9.17, 15) is 43.5 Å². The molecule has 0 unspecified atom stereocenters. The zero-order valence-corrected chi connectivity index (χ0v) is 78.0. The average Bonchev–Trinajstić information content (AvgIpc) is 1.78. The molecule has 0 aliphatic carbocycles. The topological polar surface area (TPSA) is 631 Å². The number of hydrogen-bond donors (Lipinski definition) is 15. The minimum Gasteiger partial charge on any atom is -0.480 e. The number of fused-ring (bicyclic) bond motifs is 4. The monoisotopic (exact) mass is 1900 g/mol. The van der Waals surface area contributed by atoms with Gasteiger partial charge in [-0.1, -0.05) is 169 Å². The van der Waals surface area contributed by atoms with Crippen LogP contribution in [0.3, 0.4) is 0 Å². The minimum absolute atomic E-state index is 0.0144. The van der Waals surface area contributed by atoms with Crippen LogP contribution in [0, 0.1) is 0 Å². The summed E-state index contributed by atoms with van der Waals surface area (Å²) in [7, 11) is 3.71. The fourth-order valence-corrected chi connectivity index (χ4v) is 15.1. The van der Waals surface area contributed by atoms with Gasteiger partial charge in [-0.05, 0) is 115 Å². The van der Waals surface area contributed by atoms with Crippen molar-refractivity contribution in [1.82, 2.24) is 112 Å². The van der Waals surface area contributed by atoms with Crippen molar-refractivity contribution in [2.45, 2.75) is 212 Å². The van der Waals surface area contributed by atoms with Crippen LogP contribution in [0.5, 0.6) is 11.8 Å². The van der Waals surface area contributed by atoms with Crippen LogP contribution < -0.4 is 85.6 Å². The number of amides is 6. The smallest absolute Gasteiger partial charge is 0.328 e. The molecule has 0 saturated carbocycles. The number of aromatic amines is 2. The molecule has 0 radical (unpaired) electrons. The Morgan fingerprint density at radius 3 is 1.15 bits per heavy atom. The van der Waals surface area contributed by atoms with Crippen molar-refractivity contribution in [3.8, 4) is 11.8 Å². The summed E-state index contributed by atoms with van der Waals surface area (Å²) >= 11 is 0. The highest BCUT2D eigenvalue weighted by atomic mass is 16.5. The molecule has 0 aliphatic rings. The fraction of sp³-hybridized carbons (Fsp3) is 0.381. The maximum atomic E-state index is 13.5. The minimum atomic E-state index is -1.22. The third-order valence-corrected chi connectivity index (χ3v) is 22.8. The van der Waals surface area contributed by atoms with E-state index in [2.05, 4.69) is 112 Å². The third kappa shape index (κ3) is 32.8. The van der Waals surface area contributed by atoms with Gasteiger partial charge in [0, 0.05) is 88.5 Å². The first-order valence-electron chi connectivity index (χ1n) is 46.6. The number of esters is 1. The van der Waals surface area contributed by atoms with Gasteiger partial charge in [0.2, 0.25) is 59.2 Å². The van der Waals surface area contributed by atoms with Crippen molar-refractivity contribution in [3.63, 3.8) is 0 Å². The number of rotatable bonds is 54. The maximum Gasteiger partial charge on any atom is 0.328 e. The Hall–Kier alpha value is -16.2. The second-order valence-corrected chi connectivity index (χ2v) is 33.7. The molecule has 730 valence electrons. The number of benzene rings is 5. The van der Waals surface area contributed by atoms with Crippen molar-refractivity contribution >= 4 is 139 Å². The molecule has 0 saturated heterocycles. The van der Waals surface area contributed by atoms with Crippen LogP contribution in [0.2, 0.25) is 0 Å². The summed E-state index contributed by atoms with van der Waals surface area (Å²) in [4.78, 5) is 170. The molecule has 42 nitrogen and oxygen atoms in total. The van der Waals surface area contributed by atoms with E-state index in [-0.39, 0.29) is 96.9 Å². The van der Waals surface area contributed by atoms with Crippen LogP contribution in [-0.2, 0) is 79.5 Å². The summed E-state index contributed by atoms with van der Waals surface area (Å²) in [5.74, 6) is -2.08. The number of hydrogen-bond acceptors (Lipinski definition) is 33. The number of nitrogen functional groups attached to an aromatic ring is 6. The standard InChI is InChI=1S/C52H63N15O6.C45H57N15O6/c1-67(30-38-29-58-46-43(61-38)45(53)63-51(54)64-46)39-23-21-37(22-24-39)48(70)62-40(50(71)73-32-35-14-10-9-11-15-35)25-26-42(69)56-27-13-8-6-4-2-3-5-7-12-16-41(68)57-28-34-17-19-36(20-18-34)31-72-49-44-47(60-33-59-44)65-52(55)66-49;1-60(25-31-24-51-39-36(54-31)38(46)56-44(47)57-39)32-18-16-30(17-19-32)41(63)55-33(43(64)65)20-21-35(62)49-22-10-8-6-4-2-3-5-7-9-11-34(61)50-23-28-12-14-29(15-13-28)26-66-42-37-40(53-27-52-37)58-45(48)59-42/h9-11,14-15,17-24,29,33,40H,2-8,12-13,16,25-28,30-32H2,1H3,(H,56,69)(H,57,68)(H,62,70)(H4,53,54,58,63,64)(H3,55,59,60,65,66);12-19,24,27,33H,2-11,20-23,25-26H2,1H3,(H,49,62)(H,50,61)(H,55,63)(H,64,65)(H4,46,47,51,56,57)(H3,48,52,53,58,59)/t40-;33-/m00/s1. The molecule has 2 atom stereocenters. The number of H-pyrrole nitrogens is 2. The molecule has 13 aromatic rings. The Kier molecular flexibility index (Phi) is 38.5. The molecule has 21 N–H and O–H groups in total. The van der Waals surface area contributed by atoms with Crippen LogP contribution in [0.1, 0.15) is 214 Å². The number of carboxylic acids is 1. The zero-order valence-electron chi connectivity index (χ0n) is 78.0. The molecule has 139 heavy (non-hydrogen) atoms. The number of carbonyl (C=O) groups is 8. The van der Waals surface area contributed by atoms with Crippen LogP contribution in [0.15, 0.2) is 152 Å². The van der Waals surface area contributed by atoms with Crippen molar-refractivity contribution in [2.75, 3.05) is 71.4 Å². The quantitative estimate of drug-likeness (QED) is 0.0124. The van der Waals surface area contributed by atoms with Gasteiger partial charge in [-0.2, -0.15) is 39.9 Å². The highest BCUT2D eigenvalue weighted by Crippen LogP contribution is 2.27. The second-order valence-electron chi connectivity index (χ2n) is 33.7. The first-order valence-corrected chi connectivity index (χ1v) is 46.6. The van der Waals surface area contributed by atoms with E-state index in [4.69, 9.17) is 48.6 Å². The zero-order chi connectivity index (χ0) is 98.2. The Labute approximate surface area is 802 Å². The predicted octanol–water partition coefficient (Wildman–Crippen LogP) is 10.3. The summed E-state index contributed by atoms with van der Waals surface area (Å²) in [5.41, 5.74) is 46.2. The van der Waals surface area contributed by atoms with E-state index >= 15 is 0 Å². The molecular weight excluding hydrogens is 1780 g/mol. The lowest BCUT2D eigenvalue weighted by Crippen LogP contribution is -2.42. The highest BCUT2D eigenvalue weighted by molar-refractivity contribution is 5.98. The number of carbonyl (C=O) groups excluding carboxylic acids is 7. The van der Waals surface area contributed by atoms with E-state index in [1.54, 1.807) is 60.9 Å². The number of ether oxygens (including phenoxy) is 3. The molecular formula is C97H120N30O12. The van der Waals surface area contributed by atoms with Crippen LogP contribution in [-0.4, -0.2) is 172 Å². The van der Waals surface area contributed by atoms with Gasteiger partial charge in [0.1, 0.15) is 42.9 Å². The molecule has 5 aromatic carbocycles. The van der Waals surface area contributed by atoms with Gasteiger partial charge in [-0.15, -0.1) is 0 Å². The number of aromatic nitrogens is 16. The Bertz CT molecular complexity index is 6240. The average molecular weight is 1900 g/mol. The summed E-state index contributed by atoms with van der Waals surface area (Å²) in [6.07, 6.45) is 25.5. The number of carboxylic acid groups (broad SMARTS) is 1. The lowest BCUT2D eigenvalue weighted by Gasteiger charge is -2.20. The maximum absolute atomic E-state index is 13.5. The Morgan fingerprint density at radius 1 is 0.374 bits per heavy atom.